The Hall–Kier alpha value is -0.143. The standard InChI is InChI=1S/C13H26O4SSi/c1-5-6-7-8-9-10-12(14)13(18)11-19(15-2,16-3)17-4/h5-11H2,1-4H3. The van der Waals surface area contributed by atoms with E-state index >= 15 is 0 Å². The van der Waals surface area contributed by atoms with E-state index in [1.807, 2.05) is 0 Å². The molecule has 0 unspecified atom stereocenters. The van der Waals surface area contributed by atoms with Gasteiger partial charge in [0.1, 0.15) is 0 Å². The number of unbranched alkanes of at least 4 members (excludes halogenated alkanes) is 4. The van der Waals surface area contributed by atoms with Gasteiger partial charge in [-0.3, -0.25) is 4.79 Å². The van der Waals surface area contributed by atoms with Crippen LogP contribution in [0.25, 0.3) is 0 Å². The van der Waals surface area contributed by atoms with E-state index < -0.39 is 8.80 Å². The molecule has 0 fully saturated rings. The zero-order chi connectivity index (χ0) is 14.7. The van der Waals surface area contributed by atoms with E-state index in [9.17, 15) is 4.79 Å². The first-order chi connectivity index (χ1) is 9.05. The van der Waals surface area contributed by atoms with Crippen LogP contribution < -0.4 is 0 Å². The Labute approximate surface area is 123 Å². The van der Waals surface area contributed by atoms with Crippen LogP contribution in [0.5, 0.6) is 0 Å². The molecule has 0 saturated heterocycles. The molecule has 0 aliphatic carbocycles. The number of carbonyl (C=O) groups is 1. The highest BCUT2D eigenvalue weighted by Crippen LogP contribution is 2.16. The van der Waals surface area contributed by atoms with Crippen LogP contribution in [-0.4, -0.2) is 40.8 Å². The number of ketones is 1. The quantitative estimate of drug-likeness (QED) is 0.315. The first-order valence-corrected chi connectivity index (χ1v) is 9.10. The molecule has 0 amide bonds. The molecule has 112 valence electrons. The van der Waals surface area contributed by atoms with Crippen molar-refractivity contribution in [2.75, 3.05) is 21.3 Å². The Kier molecular flexibility index (Phi) is 10.5. The second-order valence-corrected chi connectivity index (χ2v) is 7.92. The molecule has 0 aliphatic heterocycles. The van der Waals surface area contributed by atoms with E-state index in [1.165, 1.54) is 40.6 Å². The number of carbonyl (C=O) groups excluding carboxylic acids is 1. The maximum Gasteiger partial charge on any atom is 0.505 e. The van der Waals surface area contributed by atoms with Gasteiger partial charge in [-0.2, -0.15) is 0 Å². The maximum atomic E-state index is 11.9. The summed E-state index contributed by atoms with van der Waals surface area (Å²) < 4.78 is 15.8. The van der Waals surface area contributed by atoms with Gasteiger partial charge in [0.25, 0.3) is 0 Å². The lowest BCUT2D eigenvalue weighted by Crippen LogP contribution is -2.45. The Morgan fingerprint density at radius 1 is 1.00 bits per heavy atom. The van der Waals surface area contributed by atoms with Crippen molar-refractivity contribution in [1.82, 2.24) is 0 Å². The van der Waals surface area contributed by atoms with E-state index in [-0.39, 0.29) is 5.78 Å². The minimum atomic E-state index is -2.77. The minimum absolute atomic E-state index is 0.0227. The number of hydrogen-bond acceptors (Lipinski definition) is 5. The molecule has 6 heteroatoms. The summed E-state index contributed by atoms with van der Waals surface area (Å²) in [6.07, 6.45) is 6.12. The number of thiocarbonyl (C=S) groups is 1. The molecule has 0 aromatic heterocycles. The summed E-state index contributed by atoms with van der Waals surface area (Å²) in [6.45, 7) is 2.17. The molecule has 19 heavy (non-hydrogen) atoms. The molecule has 0 aromatic carbocycles. The minimum Gasteiger partial charge on any atom is -0.377 e. The van der Waals surface area contributed by atoms with Crippen LogP contribution in [0.4, 0.5) is 0 Å². The van der Waals surface area contributed by atoms with Gasteiger partial charge in [0, 0.05) is 27.8 Å². The summed E-state index contributed by atoms with van der Waals surface area (Å²) in [6, 6.07) is 0.291. The number of hydrogen-bond donors (Lipinski definition) is 0. The fourth-order valence-corrected chi connectivity index (χ4v) is 3.95. The van der Waals surface area contributed by atoms with E-state index in [4.69, 9.17) is 25.5 Å². The lowest BCUT2D eigenvalue weighted by molar-refractivity contribution is -0.113. The van der Waals surface area contributed by atoms with Gasteiger partial charge in [-0.1, -0.05) is 44.8 Å². The van der Waals surface area contributed by atoms with Gasteiger partial charge >= 0.3 is 8.80 Å². The van der Waals surface area contributed by atoms with E-state index in [1.54, 1.807) is 0 Å². The molecule has 0 heterocycles. The van der Waals surface area contributed by atoms with Crippen LogP contribution >= 0.6 is 12.2 Å². The van der Waals surface area contributed by atoms with Gasteiger partial charge in [0.2, 0.25) is 0 Å². The average molecular weight is 307 g/mol. The van der Waals surface area contributed by atoms with Gasteiger partial charge in [0.15, 0.2) is 5.78 Å². The van der Waals surface area contributed by atoms with Gasteiger partial charge in [-0.25, -0.2) is 0 Å². The average Bonchev–Trinajstić information content (AvgIpc) is 2.44. The lowest BCUT2D eigenvalue weighted by atomic mass is 10.1. The number of rotatable bonds is 12. The summed E-state index contributed by atoms with van der Waals surface area (Å²) in [7, 11) is 1.81. The van der Waals surface area contributed by atoms with Crippen molar-refractivity contribution >= 4 is 31.7 Å². The fraction of sp³-hybridized carbons (Fsp3) is 0.846. The lowest BCUT2D eigenvalue weighted by Gasteiger charge is -2.24. The summed E-state index contributed by atoms with van der Waals surface area (Å²) in [5.41, 5.74) is 0. The molecule has 0 radical (unpaired) electrons. The predicted molar refractivity (Wildman–Crippen MR) is 82.6 cm³/mol. The zero-order valence-electron chi connectivity index (χ0n) is 12.5. The smallest absolute Gasteiger partial charge is 0.377 e. The number of Topliss-reactive ketones (excluding diaryl/α,β-unsaturated/α-hetero) is 1. The van der Waals surface area contributed by atoms with E-state index in [2.05, 4.69) is 6.92 Å². The molecule has 0 N–H and O–H groups in total. The van der Waals surface area contributed by atoms with Gasteiger partial charge in [-0.05, 0) is 6.42 Å². The molecule has 0 spiro atoms. The molecule has 0 atom stereocenters. The van der Waals surface area contributed by atoms with Crippen molar-refractivity contribution in [3.05, 3.63) is 0 Å². The van der Waals surface area contributed by atoms with E-state index in [0.29, 0.717) is 17.3 Å². The monoisotopic (exact) mass is 306 g/mol. The summed E-state index contributed by atoms with van der Waals surface area (Å²) in [5, 5.41) is 0. The van der Waals surface area contributed by atoms with Gasteiger partial charge < -0.3 is 13.3 Å². The van der Waals surface area contributed by atoms with Crippen LogP contribution in [0.1, 0.15) is 45.4 Å². The molecule has 0 rings (SSSR count). The first-order valence-electron chi connectivity index (χ1n) is 6.76. The maximum absolute atomic E-state index is 11.9. The van der Waals surface area contributed by atoms with Crippen molar-refractivity contribution < 1.29 is 18.1 Å². The molecular formula is C13H26O4SSi. The van der Waals surface area contributed by atoms with Gasteiger partial charge in [0.05, 0.1) is 10.9 Å². The van der Waals surface area contributed by atoms with Gasteiger partial charge in [-0.15, -0.1) is 0 Å². The SMILES string of the molecule is CCCCCCCC(=O)C(=S)C[Si](OC)(OC)OC. The highest BCUT2D eigenvalue weighted by molar-refractivity contribution is 7.82. The third kappa shape index (κ3) is 7.27. The van der Waals surface area contributed by atoms with Crippen molar-refractivity contribution in [3.8, 4) is 0 Å². The van der Waals surface area contributed by atoms with Crippen LogP contribution in [0.15, 0.2) is 0 Å². The summed E-state index contributed by atoms with van der Waals surface area (Å²) >= 11 is 5.17. The van der Waals surface area contributed by atoms with Crippen molar-refractivity contribution in [1.29, 1.82) is 0 Å². The second kappa shape index (κ2) is 10.6. The second-order valence-electron chi connectivity index (χ2n) is 4.48. The molecular weight excluding hydrogens is 280 g/mol. The van der Waals surface area contributed by atoms with Crippen LogP contribution in [0.3, 0.4) is 0 Å². The molecule has 0 saturated carbocycles. The largest absolute Gasteiger partial charge is 0.505 e. The van der Waals surface area contributed by atoms with Crippen LogP contribution in [0.2, 0.25) is 6.04 Å². The van der Waals surface area contributed by atoms with Crippen molar-refractivity contribution in [2.45, 2.75) is 51.5 Å². The van der Waals surface area contributed by atoms with Crippen LogP contribution in [-0.2, 0) is 18.1 Å². The Bertz CT molecular complexity index is 272. The third-order valence-electron chi connectivity index (χ3n) is 3.13. The molecule has 0 aliphatic rings. The Balaban J connectivity index is 4.09. The fourth-order valence-electron chi connectivity index (χ4n) is 1.79. The highest BCUT2D eigenvalue weighted by Gasteiger charge is 2.40. The van der Waals surface area contributed by atoms with E-state index in [0.717, 1.165) is 12.8 Å². The summed E-state index contributed by atoms with van der Waals surface area (Å²) in [4.78, 5) is 12.3. The normalized spacial score (nSPS) is 11.6. The first kappa shape index (κ1) is 18.9. The van der Waals surface area contributed by atoms with Crippen molar-refractivity contribution in [2.24, 2.45) is 0 Å². The molecule has 0 bridgehead atoms. The van der Waals surface area contributed by atoms with Crippen molar-refractivity contribution in [3.63, 3.8) is 0 Å². The predicted octanol–water partition coefficient (Wildman–Crippen LogP) is 3.16. The topological polar surface area (TPSA) is 44.8 Å². The zero-order valence-corrected chi connectivity index (χ0v) is 14.3. The van der Waals surface area contributed by atoms with Crippen LogP contribution in [0, 0.1) is 0 Å². The highest BCUT2D eigenvalue weighted by atomic mass is 32.1. The third-order valence-corrected chi connectivity index (χ3v) is 6.41. The molecule has 0 aromatic rings. The Morgan fingerprint density at radius 3 is 2.00 bits per heavy atom. The Morgan fingerprint density at radius 2 is 1.53 bits per heavy atom. The molecule has 4 nitrogen and oxygen atoms in total. The summed E-state index contributed by atoms with van der Waals surface area (Å²) in [5.74, 6) is 0.0227.